The molecule has 1 aliphatic heterocycles. The lowest BCUT2D eigenvalue weighted by Gasteiger charge is -2.38. The average Bonchev–Trinajstić information content (AvgIpc) is 2.96. The molecule has 2 heterocycles. The molecule has 24 heavy (non-hydrogen) atoms. The molecule has 0 bridgehead atoms. The number of carbonyl (C=O) groups excluding carboxylic acids is 1. The minimum atomic E-state index is -0.466. The molecule has 6 heteroatoms. The van der Waals surface area contributed by atoms with Crippen LogP contribution in [-0.4, -0.2) is 47.8 Å². The van der Waals surface area contributed by atoms with Crippen LogP contribution in [0.1, 0.15) is 33.6 Å². The first kappa shape index (κ1) is 17.0. The highest BCUT2D eigenvalue weighted by Gasteiger charge is 2.30. The van der Waals surface area contributed by atoms with E-state index in [1.54, 1.807) is 16.2 Å². The Labute approximate surface area is 147 Å². The number of thiazole rings is 1. The average molecular weight is 347 g/mol. The van der Waals surface area contributed by atoms with Crippen LogP contribution in [0, 0.1) is 0 Å². The van der Waals surface area contributed by atoms with Crippen molar-refractivity contribution in [1.29, 1.82) is 0 Å². The summed E-state index contributed by atoms with van der Waals surface area (Å²) in [7, 11) is 1.83. The van der Waals surface area contributed by atoms with E-state index in [9.17, 15) is 4.79 Å². The van der Waals surface area contributed by atoms with Gasteiger partial charge in [-0.2, -0.15) is 0 Å². The van der Waals surface area contributed by atoms with Crippen LogP contribution in [0.15, 0.2) is 24.3 Å². The second kappa shape index (κ2) is 6.59. The van der Waals surface area contributed by atoms with Gasteiger partial charge in [-0.3, -0.25) is 0 Å². The molecule has 3 rings (SSSR count). The number of likely N-dealkylation sites (N-methyl/N-ethyl adjacent to an activating group) is 1. The van der Waals surface area contributed by atoms with Crippen LogP contribution in [0.3, 0.4) is 0 Å². The summed E-state index contributed by atoms with van der Waals surface area (Å²) in [5, 5.41) is 1.04. The van der Waals surface area contributed by atoms with Crippen molar-refractivity contribution in [3.8, 4) is 0 Å². The maximum Gasteiger partial charge on any atom is 0.410 e. The summed E-state index contributed by atoms with van der Waals surface area (Å²) >= 11 is 1.72. The van der Waals surface area contributed by atoms with Gasteiger partial charge in [-0.25, -0.2) is 9.78 Å². The zero-order valence-electron chi connectivity index (χ0n) is 14.8. The SMILES string of the molecule is CN(C(=O)OC(C)(C)C)[C@H]1CCCN(c2nc3ccccc3s2)C1. The number of fused-ring (bicyclic) bond motifs is 1. The van der Waals surface area contributed by atoms with Gasteiger partial charge in [0.2, 0.25) is 0 Å². The van der Waals surface area contributed by atoms with E-state index in [4.69, 9.17) is 9.72 Å². The second-order valence-corrected chi connectivity index (χ2v) is 8.31. The Kier molecular flexibility index (Phi) is 4.67. The maximum absolute atomic E-state index is 12.3. The van der Waals surface area contributed by atoms with Crippen molar-refractivity contribution in [2.24, 2.45) is 0 Å². The van der Waals surface area contributed by atoms with Gasteiger partial charge in [0.15, 0.2) is 5.13 Å². The molecule has 1 atom stereocenters. The first-order chi connectivity index (χ1) is 11.3. The lowest BCUT2D eigenvalue weighted by molar-refractivity contribution is 0.0210. The van der Waals surface area contributed by atoms with E-state index in [1.807, 2.05) is 46.0 Å². The number of nitrogens with zero attached hydrogens (tertiary/aromatic N) is 3. The summed E-state index contributed by atoms with van der Waals surface area (Å²) in [6, 6.07) is 8.36. The van der Waals surface area contributed by atoms with Crippen LogP contribution in [0.2, 0.25) is 0 Å². The molecule has 0 saturated carbocycles. The van der Waals surface area contributed by atoms with E-state index in [0.29, 0.717) is 0 Å². The normalized spacial score (nSPS) is 18.7. The summed E-state index contributed by atoms with van der Waals surface area (Å²) in [5.74, 6) is 0. The van der Waals surface area contributed by atoms with Crippen molar-refractivity contribution in [2.75, 3.05) is 25.0 Å². The minimum Gasteiger partial charge on any atom is -0.444 e. The largest absolute Gasteiger partial charge is 0.444 e. The monoisotopic (exact) mass is 347 g/mol. The van der Waals surface area contributed by atoms with Crippen molar-refractivity contribution >= 4 is 32.8 Å². The maximum atomic E-state index is 12.3. The number of benzene rings is 1. The molecular weight excluding hydrogens is 322 g/mol. The molecule has 0 radical (unpaired) electrons. The van der Waals surface area contributed by atoms with Gasteiger partial charge in [0, 0.05) is 20.1 Å². The van der Waals surface area contributed by atoms with Crippen molar-refractivity contribution in [2.45, 2.75) is 45.3 Å². The van der Waals surface area contributed by atoms with Gasteiger partial charge < -0.3 is 14.5 Å². The summed E-state index contributed by atoms with van der Waals surface area (Å²) in [6.45, 7) is 7.47. The molecular formula is C18H25N3O2S. The van der Waals surface area contributed by atoms with Crippen LogP contribution < -0.4 is 4.90 Å². The number of para-hydroxylation sites is 1. The Morgan fingerprint density at radius 3 is 2.83 bits per heavy atom. The molecule has 1 fully saturated rings. The molecule has 0 spiro atoms. The van der Waals surface area contributed by atoms with Gasteiger partial charge >= 0.3 is 6.09 Å². The van der Waals surface area contributed by atoms with E-state index in [0.717, 1.165) is 36.6 Å². The molecule has 1 aliphatic rings. The number of aromatic nitrogens is 1. The molecule has 0 unspecified atom stereocenters. The highest BCUT2D eigenvalue weighted by molar-refractivity contribution is 7.22. The standard InChI is InChI=1S/C18H25N3O2S/c1-18(2,3)23-17(22)20(4)13-8-7-11-21(12-13)16-19-14-9-5-6-10-15(14)24-16/h5-6,9-10,13H,7-8,11-12H2,1-4H3/t13-/m0/s1. The minimum absolute atomic E-state index is 0.153. The topological polar surface area (TPSA) is 45.7 Å². The van der Waals surface area contributed by atoms with Crippen LogP contribution >= 0.6 is 11.3 Å². The van der Waals surface area contributed by atoms with E-state index in [1.165, 1.54) is 4.70 Å². The van der Waals surface area contributed by atoms with Gasteiger partial charge in [-0.15, -0.1) is 0 Å². The van der Waals surface area contributed by atoms with Gasteiger partial charge in [-0.1, -0.05) is 23.5 Å². The van der Waals surface area contributed by atoms with Crippen LogP contribution in [-0.2, 0) is 4.74 Å². The number of piperidine rings is 1. The van der Waals surface area contributed by atoms with Crippen molar-refractivity contribution in [3.63, 3.8) is 0 Å². The lowest BCUT2D eigenvalue weighted by atomic mass is 10.1. The Morgan fingerprint density at radius 2 is 2.12 bits per heavy atom. The predicted molar refractivity (Wildman–Crippen MR) is 98.9 cm³/mol. The van der Waals surface area contributed by atoms with Gasteiger partial charge in [0.1, 0.15) is 5.60 Å². The van der Waals surface area contributed by atoms with Gasteiger partial charge in [0.25, 0.3) is 0 Å². The molecule has 0 aliphatic carbocycles. The highest BCUT2D eigenvalue weighted by atomic mass is 32.1. The number of ether oxygens (including phenoxy) is 1. The van der Waals surface area contributed by atoms with E-state index in [2.05, 4.69) is 11.0 Å². The molecule has 0 N–H and O–H groups in total. The zero-order valence-corrected chi connectivity index (χ0v) is 15.6. The fourth-order valence-corrected chi connectivity index (χ4v) is 3.92. The zero-order chi connectivity index (χ0) is 17.3. The van der Waals surface area contributed by atoms with Crippen molar-refractivity contribution < 1.29 is 9.53 Å². The van der Waals surface area contributed by atoms with Gasteiger partial charge in [-0.05, 0) is 45.7 Å². The van der Waals surface area contributed by atoms with Crippen LogP contribution in [0.25, 0.3) is 10.2 Å². The first-order valence-corrected chi connectivity index (χ1v) is 9.21. The number of amides is 1. The number of rotatable bonds is 2. The number of hydrogen-bond donors (Lipinski definition) is 0. The van der Waals surface area contributed by atoms with Gasteiger partial charge in [0.05, 0.1) is 16.3 Å². The Balaban J connectivity index is 1.70. The number of anilines is 1. The smallest absolute Gasteiger partial charge is 0.410 e. The Morgan fingerprint density at radius 1 is 1.38 bits per heavy atom. The van der Waals surface area contributed by atoms with Crippen LogP contribution in [0.5, 0.6) is 0 Å². The first-order valence-electron chi connectivity index (χ1n) is 8.40. The molecule has 1 aromatic heterocycles. The fraction of sp³-hybridized carbons (Fsp3) is 0.556. The summed E-state index contributed by atoms with van der Waals surface area (Å²) in [4.78, 5) is 21.1. The Hall–Kier alpha value is -1.82. The lowest BCUT2D eigenvalue weighted by Crippen LogP contribution is -2.49. The summed E-state index contributed by atoms with van der Waals surface area (Å²) in [5.41, 5.74) is 0.576. The van der Waals surface area contributed by atoms with Crippen LogP contribution in [0.4, 0.5) is 9.93 Å². The highest BCUT2D eigenvalue weighted by Crippen LogP contribution is 2.31. The molecule has 2 aromatic rings. The van der Waals surface area contributed by atoms with E-state index < -0.39 is 5.60 Å². The quantitative estimate of drug-likeness (QED) is 0.819. The Bertz CT molecular complexity index is 689. The summed E-state index contributed by atoms with van der Waals surface area (Å²) < 4.78 is 6.70. The molecule has 1 aromatic carbocycles. The summed E-state index contributed by atoms with van der Waals surface area (Å²) in [6.07, 6.45) is 1.80. The third-order valence-electron chi connectivity index (χ3n) is 4.18. The molecule has 5 nitrogen and oxygen atoms in total. The number of hydrogen-bond acceptors (Lipinski definition) is 5. The van der Waals surface area contributed by atoms with Crippen molar-refractivity contribution in [1.82, 2.24) is 9.88 Å². The second-order valence-electron chi connectivity index (χ2n) is 7.30. The van der Waals surface area contributed by atoms with E-state index >= 15 is 0 Å². The fourth-order valence-electron chi connectivity index (χ4n) is 2.92. The third kappa shape index (κ3) is 3.80. The molecule has 1 amide bonds. The van der Waals surface area contributed by atoms with Crippen molar-refractivity contribution in [3.05, 3.63) is 24.3 Å². The van der Waals surface area contributed by atoms with E-state index in [-0.39, 0.29) is 12.1 Å². The molecule has 130 valence electrons. The predicted octanol–water partition coefficient (Wildman–Crippen LogP) is 4.13. The molecule has 1 saturated heterocycles. The number of carbonyl (C=O) groups is 1. The third-order valence-corrected chi connectivity index (χ3v) is 5.28.